The number of likely N-dealkylation sites (N-methyl/N-ethyl adjacent to an activating group) is 1. The second-order valence-corrected chi connectivity index (χ2v) is 6.93. The molecule has 1 radical (unpaired) electrons. The minimum atomic E-state index is -0.370. The number of rotatable bonds is 4. The van der Waals surface area contributed by atoms with E-state index in [1.807, 2.05) is 30.3 Å². The van der Waals surface area contributed by atoms with Gasteiger partial charge in [0.1, 0.15) is 17.7 Å². The molecule has 3 rings (SSSR count). The maximum atomic E-state index is 12.2. The number of hydrogen-bond donors (Lipinski definition) is 0. The Morgan fingerprint density at radius 1 is 1.33 bits per heavy atom. The van der Waals surface area contributed by atoms with Crippen LogP contribution < -0.4 is 0 Å². The summed E-state index contributed by atoms with van der Waals surface area (Å²) >= 11 is 1.39. The van der Waals surface area contributed by atoms with Crippen molar-refractivity contribution in [2.75, 3.05) is 14.1 Å². The zero-order valence-electron chi connectivity index (χ0n) is 13.7. The number of thioether (sulfide) groups is 1. The summed E-state index contributed by atoms with van der Waals surface area (Å²) in [5.74, 6) is -0.360. The van der Waals surface area contributed by atoms with Gasteiger partial charge in [-0.2, -0.15) is 0 Å². The quantitative estimate of drug-likeness (QED) is 0.788. The van der Waals surface area contributed by atoms with E-state index in [2.05, 4.69) is 10.4 Å². The summed E-state index contributed by atoms with van der Waals surface area (Å²) in [4.78, 5) is 30.4. The number of amides is 1. The van der Waals surface area contributed by atoms with Gasteiger partial charge in [-0.15, -0.1) is 0 Å². The van der Waals surface area contributed by atoms with Crippen LogP contribution in [0.2, 0.25) is 0 Å². The summed E-state index contributed by atoms with van der Waals surface area (Å²) in [6, 6.07) is 9.56. The molecule has 1 amide bonds. The lowest BCUT2D eigenvalue weighted by Crippen LogP contribution is -2.32. The van der Waals surface area contributed by atoms with Crippen molar-refractivity contribution in [1.29, 1.82) is 0 Å². The molecule has 1 aromatic rings. The molecule has 0 saturated heterocycles. The average molecular weight is 343 g/mol. The number of ether oxygens (including phenoxy) is 1. The molecule has 2 aliphatic heterocycles. The lowest BCUT2D eigenvalue weighted by atomic mass is 9.90. The molecule has 2 unspecified atom stereocenters. The smallest absolute Gasteiger partial charge is 0.352 e. The Bertz CT molecular complexity index is 697. The zero-order chi connectivity index (χ0) is 17.1. The van der Waals surface area contributed by atoms with Crippen molar-refractivity contribution in [3.8, 4) is 0 Å². The molecule has 6 heteroatoms. The Hall–Kier alpha value is -2.08. The standard InChI is InChI=1S/C18H19N2O3S/c1-20(2)17(21)14-11-24-16-13(14)8-9-15(19-16)18(22)23-10-12-6-4-3-5-7-12/h3-7,13,16H,8-10H2,1-2H3. The molecule has 0 aromatic heterocycles. The predicted octanol–water partition coefficient (Wildman–Crippen LogP) is 2.43. The van der Waals surface area contributed by atoms with Crippen LogP contribution in [0.1, 0.15) is 18.4 Å². The molecular formula is C18H19N2O3S. The van der Waals surface area contributed by atoms with Gasteiger partial charge in [0.05, 0.1) is 0 Å². The number of carbonyl (C=O) groups is 2. The third kappa shape index (κ3) is 3.53. The van der Waals surface area contributed by atoms with Crippen LogP contribution in [0.15, 0.2) is 40.9 Å². The Morgan fingerprint density at radius 2 is 2.08 bits per heavy atom. The van der Waals surface area contributed by atoms with Crippen molar-refractivity contribution in [1.82, 2.24) is 4.90 Å². The molecule has 125 valence electrons. The highest BCUT2D eigenvalue weighted by Gasteiger charge is 2.39. The Kier molecular flexibility index (Phi) is 5.04. The highest BCUT2D eigenvalue weighted by atomic mass is 32.2. The molecule has 1 aromatic carbocycles. The van der Waals surface area contributed by atoms with E-state index in [-0.39, 0.29) is 29.8 Å². The Labute approximate surface area is 145 Å². The molecule has 24 heavy (non-hydrogen) atoms. The van der Waals surface area contributed by atoms with Crippen LogP contribution in [-0.4, -0.2) is 42.0 Å². The maximum absolute atomic E-state index is 12.2. The largest absolute Gasteiger partial charge is 0.456 e. The van der Waals surface area contributed by atoms with E-state index >= 15 is 0 Å². The van der Waals surface area contributed by atoms with Crippen molar-refractivity contribution in [2.24, 2.45) is 10.9 Å². The van der Waals surface area contributed by atoms with Gasteiger partial charge < -0.3 is 9.64 Å². The number of benzene rings is 1. The van der Waals surface area contributed by atoms with Gasteiger partial charge in [-0.25, -0.2) is 4.79 Å². The van der Waals surface area contributed by atoms with Crippen molar-refractivity contribution in [3.63, 3.8) is 0 Å². The third-order valence-corrected chi connectivity index (χ3v) is 5.08. The van der Waals surface area contributed by atoms with Gasteiger partial charge in [0.25, 0.3) is 5.91 Å². The fraction of sp³-hybridized carbons (Fsp3) is 0.389. The van der Waals surface area contributed by atoms with E-state index in [4.69, 9.17) is 4.74 Å². The minimum absolute atomic E-state index is 0.0275. The van der Waals surface area contributed by atoms with Crippen LogP contribution in [0.3, 0.4) is 0 Å². The van der Waals surface area contributed by atoms with Gasteiger partial charge in [-0.1, -0.05) is 42.1 Å². The van der Waals surface area contributed by atoms with Crippen LogP contribution in [0, 0.1) is 11.3 Å². The molecule has 2 aliphatic rings. The van der Waals surface area contributed by atoms with Gasteiger partial charge in [-0.05, 0) is 18.4 Å². The van der Waals surface area contributed by atoms with E-state index in [0.29, 0.717) is 17.7 Å². The van der Waals surface area contributed by atoms with Crippen LogP contribution >= 0.6 is 11.8 Å². The molecule has 0 N–H and O–H groups in total. The summed E-state index contributed by atoms with van der Waals surface area (Å²) in [5.41, 5.74) is 2.08. The highest BCUT2D eigenvalue weighted by molar-refractivity contribution is 8.01. The number of carbonyl (C=O) groups excluding carboxylic acids is 2. The molecule has 2 heterocycles. The summed E-state index contributed by atoms with van der Waals surface area (Å²) in [6.07, 6.45) is 1.25. The normalized spacial score (nSPS) is 22.2. The number of fused-ring (bicyclic) bond motifs is 1. The van der Waals surface area contributed by atoms with E-state index in [0.717, 1.165) is 12.0 Å². The SMILES string of the molecule is CN(C)C(=O)C1=[C]SC2N=C(C(=O)OCc3ccccc3)CCC12. The van der Waals surface area contributed by atoms with Crippen molar-refractivity contribution < 1.29 is 14.3 Å². The molecule has 0 spiro atoms. The lowest BCUT2D eigenvalue weighted by molar-refractivity contribution is -0.137. The summed E-state index contributed by atoms with van der Waals surface area (Å²) in [6.45, 7) is 0.245. The summed E-state index contributed by atoms with van der Waals surface area (Å²) < 4.78 is 5.35. The molecular weight excluding hydrogens is 324 g/mol. The van der Waals surface area contributed by atoms with Gasteiger partial charge in [0.2, 0.25) is 0 Å². The van der Waals surface area contributed by atoms with Gasteiger partial charge in [0.15, 0.2) is 0 Å². The topological polar surface area (TPSA) is 59.0 Å². The van der Waals surface area contributed by atoms with Crippen molar-refractivity contribution in [2.45, 2.75) is 24.8 Å². The van der Waals surface area contributed by atoms with Gasteiger partial charge in [0, 0.05) is 31.0 Å². The Morgan fingerprint density at radius 3 is 2.79 bits per heavy atom. The first-order chi connectivity index (χ1) is 11.6. The van der Waals surface area contributed by atoms with Gasteiger partial charge in [-0.3, -0.25) is 9.79 Å². The average Bonchev–Trinajstić information content (AvgIpc) is 3.02. The van der Waals surface area contributed by atoms with Crippen molar-refractivity contribution in [3.05, 3.63) is 46.9 Å². The second kappa shape index (κ2) is 7.21. The molecule has 0 bridgehead atoms. The zero-order valence-corrected chi connectivity index (χ0v) is 14.5. The van der Waals surface area contributed by atoms with E-state index < -0.39 is 0 Å². The monoisotopic (exact) mass is 343 g/mol. The fourth-order valence-electron chi connectivity index (χ4n) is 2.74. The Balaban J connectivity index is 1.61. The molecule has 0 saturated carbocycles. The molecule has 2 atom stereocenters. The molecule has 0 aliphatic carbocycles. The van der Waals surface area contributed by atoms with E-state index in [9.17, 15) is 9.59 Å². The number of esters is 1. The maximum Gasteiger partial charge on any atom is 0.352 e. The van der Waals surface area contributed by atoms with Crippen LogP contribution in [0.4, 0.5) is 0 Å². The lowest BCUT2D eigenvalue weighted by Gasteiger charge is -2.25. The molecule has 5 nitrogen and oxygen atoms in total. The van der Waals surface area contributed by atoms with Crippen LogP contribution in [-0.2, 0) is 20.9 Å². The first-order valence-electron chi connectivity index (χ1n) is 7.84. The summed E-state index contributed by atoms with van der Waals surface area (Å²) in [5, 5.41) is 2.94. The van der Waals surface area contributed by atoms with Crippen LogP contribution in [0.25, 0.3) is 0 Å². The second-order valence-electron chi connectivity index (χ2n) is 6.01. The fourth-order valence-corrected chi connectivity index (χ4v) is 3.84. The number of nitrogens with zero attached hydrogens (tertiary/aromatic N) is 2. The summed E-state index contributed by atoms with van der Waals surface area (Å²) in [7, 11) is 3.46. The first kappa shape index (κ1) is 16.8. The first-order valence-corrected chi connectivity index (χ1v) is 8.72. The van der Waals surface area contributed by atoms with Gasteiger partial charge >= 0.3 is 5.97 Å². The van der Waals surface area contributed by atoms with E-state index in [1.165, 1.54) is 11.8 Å². The minimum Gasteiger partial charge on any atom is -0.456 e. The third-order valence-electron chi connectivity index (χ3n) is 4.06. The number of hydrogen-bond acceptors (Lipinski definition) is 5. The van der Waals surface area contributed by atoms with E-state index in [1.54, 1.807) is 19.0 Å². The van der Waals surface area contributed by atoms with Crippen molar-refractivity contribution >= 4 is 29.4 Å². The van der Waals surface area contributed by atoms with Crippen LogP contribution in [0.5, 0.6) is 0 Å². The number of aliphatic imine (C=N–C) groups is 1. The predicted molar refractivity (Wildman–Crippen MR) is 93.2 cm³/mol. The molecule has 0 fully saturated rings. The highest BCUT2D eigenvalue weighted by Crippen LogP contribution is 2.41.